The van der Waals surface area contributed by atoms with Gasteiger partial charge in [0.1, 0.15) is 5.78 Å². The second-order valence-electron chi connectivity index (χ2n) is 6.07. The number of Topliss-reactive ketones (excluding diaryl/α,β-unsaturated/α-hetero) is 1. The minimum Gasteiger partial charge on any atom is -0.299 e. The fourth-order valence-corrected chi connectivity index (χ4v) is 4.41. The third-order valence-corrected chi connectivity index (χ3v) is 5.42. The molecule has 1 spiro atoms. The highest BCUT2D eigenvalue weighted by Crippen LogP contribution is 2.56. The van der Waals surface area contributed by atoms with Gasteiger partial charge < -0.3 is 0 Å². The maximum absolute atomic E-state index is 12.6. The van der Waals surface area contributed by atoms with Gasteiger partial charge in [0, 0.05) is 12.3 Å². The van der Waals surface area contributed by atoms with Crippen molar-refractivity contribution in [2.45, 2.75) is 43.9 Å². The van der Waals surface area contributed by atoms with Crippen LogP contribution in [0.15, 0.2) is 30.3 Å². The SMILES string of the molecule is O=C1CC2(CCCC2)C[C@]1(CCl)c1ccccc1. The normalized spacial score (nSPS) is 30.2. The van der Waals surface area contributed by atoms with Crippen LogP contribution in [0, 0.1) is 5.41 Å². The van der Waals surface area contributed by atoms with Crippen molar-refractivity contribution < 1.29 is 4.79 Å². The van der Waals surface area contributed by atoms with Crippen LogP contribution in [0.5, 0.6) is 0 Å². The third-order valence-electron chi connectivity index (χ3n) is 4.96. The summed E-state index contributed by atoms with van der Waals surface area (Å²) in [5.74, 6) is 0.794. The van der Waals surface area contributed by atoms with E-state index >= 15 is 0 Å². The quantitative estimate of drug-likeness (QED) is 0.734. The lowest BCUT2D eigenvalue weighted by atomic mass is 9.75. The van der Waals surface area contributed by atoms with E-state index in [1.807, 2.05) is 18.2 Å². The Labute approximate surface area is 114 Å². The summed E-state index contributed by atoms with van der Waals surface area (Å²) in [4.78, 5) is 12.6. The molecule has 0 aromatic heterocycles. The zero-order chi connectivity index (χ0) is 12.6. The van der Waals surface area contributed by atoms with Gasteiger partial charge in [-0.2, -0.15) is 0 Å². The first-order chi connectivity index (χ1) is 8.71. The number of carbonyl (C=O) groups is 1. The summed E-state index contributed by atoms with van der Waals surface area (Å²) in [5, 5.41) is 0. The number of alkyl halides is 1. The van der Waals surface area contributed by atoms with Gasteiger partial charge in [-0.05, 0) is 30.2 Å². The van der Waals surface area contributed by atoms with Gasteiger partial charge >= 0.3 is 0 Å². The van der Waals surface area contributed by atoms with Crippen molar-refractivity contribution in [3.63, 3.8) is 0 Å². The first-order valence-electron chi connectivity index (χ1n) is 6.86. The molecule has 96 valence electrons. The molecule has 0 heterocycles. The number of benzene rings is 1. The van der Waals surface area contributed by atoms with Crippen LogP contribution >= 0.6 is 11.6 Å². The van der Waals surface area contributed by atoms with E-state index in [9.17, 15) is 4.79 Å². The predicted molar refractivity (Wildman–Crippen MR) is 74.0 cm³/mol. The summed E-state index contributed by atoms with van der Waals surface area (Å²) < 4.78 is 0. The van der Waals surface area contributed by atoms with E-state index in [0.29, 0.717) is 11.7 Å². The number of carbonyl (C=O) groups excluding carboxylic acids is 1. The van der Waals surface area contributed by atoms with Crippen molar-refractivity contribution in [2.24, 2.45) is 5.41 Å². The molecule has 0 aliphatic heterocycles. The Bertz CT molecular complexity index is 447. The Morgan fingerprint density at radius 1 is 1.11 bits per heavy atom. The van der Waals surface area contributed by atoms with Gasteiger partial charge in [0.15, 0.2) is 0 Å². The van der Waals surface area contributed by atoms with Crippen LogP contribution in [0.3, 0.4) is 0 Å². The summed E-state index contributed by atoms with van der Waals surface area (Å²) in [5.41, 5.74) is 0.975. The molecule has 0 bridgehead atoms. The Hall–Kier alpha value is -0.820. The standard InChI is InChI=1S/C16H19ClO/c17-12-16(13-6-2-1-3-7-13)11-15(10-14(16)18)8-4-5-9-15/h1-3,6-7H,4-5,8-12H2/t16-/m0/s1. The Morgan fingerprint density at radius 3 is 2.39 bits per heavy atom. The maximum Gasteiger partial charge on any atom is 0.145 e. The molecule has 0 amide bonds. The number of hydrogen-bond acceptors (Lipinski definition) is 1. The molecule has 1 nitrogen and oxygen atoms in total. The van der Waals surface area contributed by atoms with E-state index in [1.165, 1.54) is 25.7 Å². The summed E-state index contributed by atoms with van der Waals surface area (Å²) in [6, 6.07) is 10.1. The Morgan fingerprint density at radius 2 is 1.78 bits per heavy atom. The van der Waals surface area contributed by atoms with Crippen molar-refractivity contribution in [1.82, 2.24) is 0 Å². The van der Waals surface area contributed by atoms with Crippen LogP contribution in [0.1, 0.15) is 44.1 Å². The molecule has 0 unspecified atom stereocenters. The predicted octanol–water partition coefficient (Wildman–Crippen LogP) is 4.09. The molecule has 0 saturated heterocycles. The minimum atomic E-state index is -0.410. The summed E-state index contributed by atoms with van der Waals surface area (Å²) >= 11 is 6.23. The zero-order valence-electron chi connectivity index (χ0n) is 10.6. The van der Waals surface area contributed by atoms with E-state index in [4.69, 9.17) is 11.6 Å². The number of hydrogen-bond donors (Lipinski definition) is 0. The van der Waals surface area contributed by atoms with Crippen molar-refractivity contribution in [1.29, 1.82) is 0 Å². The van der Waals surface area contributed by atoms with Crippen LogP contribution in [-0.4, -0.2) is 11.7 Å². The fraction of sp³-hybridized carbons (Fsp3) is 0.562. The molecule has 2 saturated carbocycles. The van der Waals surface area contributed by atoms with Gasteiger partial charge in [0.25, 0.3) is 0 Å². The van der Waals surface area contributed by atoms with Crippen molar-refractivity contribution in [3.05, 3.63) is 35.9 Å². The second-order valence-corrected chi connectivity index (χ2v) is 6.33. The molecule has 3 rings (SSSR count). The molecule has 0 N–H and O–H groups in total. The topological polar surface area (TPSA) is 17.1 Å². The average Bonchev–Trinajstić information content (AvgIpc) is 2.96. The first-order valence-corrected chi connectivity index (χ1v) is 7.39. The summed E-state index contributed by atoms with van der Waals surface area (Å²) in [7, 11) is 0. The fourth-order valence-electron chi connectivity index (χ4n) is 4.01. The molecular weight excluding hydrogens is 244 g/mol. The van der Waals surface area contributed by atoms with Gasteiger partial charge in [0.05, 0.1) is 5.41 Å². The minimum absolute atomic E-state index is 0.266. The van der Waals surface area contributed by atoms with Gasteiger partial charge in [-0.25, -0.2) is 0 Å². The molecule has 1 aromatic rings. The van der Waals surface area contributed by atoms with Gasteiger partial charge in [-0.1, -0.05) is 43.2 Å². The molecule has 1 aromatic carbocycles. The molecule has 2 heteroatoms. The van der Waals surface area contributed by atoms with Crippen LogP contribution in [0.4, 0.5) is 0 Å². The number of ketones is 1. The van der Waals surface area contributed by atoms with E-state index in [1.54, 1.807) is 0 Å². The largest absolute Gasteiger partial charge is 0.299 e. The Balaban J connectivity index is 2.00. The van der Waals surface area contributed by atoms with Crippen LogP contribution in [-0.2, 0) is 10.2 Å². The van der Waals surface area contributed by atoms with Crippen LogP contribution < -0.4 is 0 Å². The molecule has 2 fully saturated rings. The number of rotatable bonds is 2. The molecule has 2 aliphatic carbocycles. The maximum atomic E-state index is 12.6. The van der Waals surface area contributed by atoms with E-state index < -0.39 is 5.41 Å². The van der Waals surface area contributed by atoms with Gasteiger partial charge in [-0.15, -0.1) is 11.6 Å². The first kappa shape index (κ1) is 12.2. The monoisotopic (exact) mass is 262 g/mol. The second kappa shape index (κ2) is 4.38. The molecule has 1 atom stereocenters. The molecule has 0 radical (unpaired) electrons. The van der Waals surface area contributed by atoms with Crippen molar-refractivity contribution in [2.75, 3.05) is 5.88 Å². The van der Waals surface area contributed by atoms with Gasteiger partial charge in [-0.3, -0.25) is 4.79 Å². The van der Waals surface area contributed by atoms with E-state index in [0.717, 1.165) is 18.4 Å². The van der Waals surface area contributed by atoms with Crippen LogP contribution in [0.25, 0.3) is 0 Å². The number of halogens is 1. The zero-order valence-corrected chi connectivity index (χ0v) is 11.4. The van der Waals surface area contributed by atoms with Gasteiger partial charge in [0.2, 0.25) is 0 Å². The Kier molecular flexibility index (Phi) is 2.97. The highest BCUT2D eigenvalue weighted by molar-refractivity contribution is 6.21. The lowest BCUT2D eigenvalue weighted by Gasteiger charge is -2.29. The highest BCUT2D eigenvalue weighted by Gasteiger charge is 2.55. The lowest BCUT2D eigenvalue weighted by molar-refractivity contribution is -0.121. The third kappa shape index (κ3) is 1.72. The summed E-state index contributed by atoms with van der Waals surface area (Å²) in [6.45, 7) is 0. The van der Waals surface area contributed by atoms with E-state index in [2.05, 4.69) is 12.1 Å². The molecular formula is C16H19ClO. The lowest BCUT2D eigenvalue weighted by Crippen LogP contribution is -2.33. The summed E-state index contributed by atoms with van der Waals surface area (Å²) in [6.07, 6.45) is 6.69. The van der Waals surface area contributed by atoms with E-state index in [-0.39, 0.29) is 5.41 Å². The molecule has 2 aliphatic rings. The van der Waals surface area contributed by atoms with Crippen molar-refractivity contribution in [3.8, 4) is 0 Å². The smallest absolute Gasteiger partial charge is 0.145 e. The highest BCUT2D eigenvalue weighted by atomic mass is 35.5. The molecule has 18 heavy (non-hydrogen) atoms. The van der Waals surface area contributed by atoms with Crippen LogP contribution in [0.2, 0.25) is 0 Å². The average molecular weight is 263 g/mol. The van der Waals surface area contributed by atoms with Crippen molar-refractivity contribution >= 4 is 17.4 Å².